The minimum absolute atomic E-state index is 0.296. The molecule has 1 heterocycles. The van der Waals surface area contributed by atoms with Crippen LogP contribution in [-0.2, 0) is 0 Å². The summed E-state index contributed by atoms with van der Waals surface area (Å²) >= 11 is 0. The Balaban J connectivity index is 1.82. The number of hydrogen-bond acceptors (Lipinski definition) is 4. The van der Waals surface area contributed by atoms with Crippen molar-refractivity contribution in [3.05, 3.63) is 64.6 Å². The van der Waals surface area contributed by atoms with Crippen molar-refractivity contribution in [3.63, 3.8) is 0 Å². The van der Waals surface area contributed by atoms with Gasteiger partial charge >= 0.3 is 5.69 Å². The van der Waals surface area contributed by atoms with Crippen molar-refractivity contribution in [1.29, 1.82) is 0 Å². The fraction of sp³-hybridized carbons (Fsp3) is 0.0625. The summed E-state index contributed by atoms with van der Waals surface area (Å²) in [7, 11) is 0. The molecule has 0 atom stereocenters. The molecule has 2 aromatic carbocycles. The summed E-state index contributed by atoms with van der Waals surface area (Å²) in [6.07, 6.45) is 0. The average molecular weight is 310 g/mol. The third-order valence-electron chi connectivity index (χ3n) is 3.39. The van der Waals surface area contributed by atoms with Crippen molar-refractivity contribution in [2.24, 2.45) is 0 Å². The maximum atomic E-state index is 12.3. The number of carbonyl (C=O) groups excluding carboxylic acids is 2. The molecule has 23 heavy (non-hydrogen) atoms. The number of nitrogens with one attached hydrogen (secondary N) is 2. The zero-order valence-corrected chi connectivity index (χ0v) is 12.1. The highest BCUT2D eigenvalue weighted by Crippen LogP contribution is 2.13. The number of aromatic nitrogens is 2. The van der Waals surface area contributed by atoms with Crippen LogP contribution >= 0.6 is 0 Å². The van der Waals surface area contributed by atoms with Crippen molar-refractivity contribution in [2.45, 2.75) is 0 Å². The summed E-state index contributed by atoms with van der Waals surface area (Å²) in [4.78, 5) is 38.7. The highest BCUT2D eigenvalue weighted by molar-refractivity contribution is 5.98. The van der Waals surface area contributed by atoms with Gasteiger partial charge in [0.1, 0.15) is 0 Å². The van der Waals surface area contributed by atoms with Gasteiger partial charge in [-0.1, -0.05) is 18.2 Å². The van der Waals surface area contributed by atoms with Gasteiger partial charge in [0.25, 0.3) is 11.8 Å². The Hall–Kier alpha value is -3.35. The maximum absolute atomic E-state index is 12.3. The maximum Gasteiger partial charge on any atom is 0.333 e. The molecule has 0 aliphatic carbocycles. The molecule has 0 radical (unpaired) electrons. The zero-order valence-electron chi connectivity index (χ0n) is 12.1. The summed E-state index contributed by atoms with van der Waals surface area (Å²) in [6.45, 7) is -0.296. The van der Waals surface area contributed by atoms with E-state index in [1.807, 2.05) is 0 Å². The minimum Gasteiger partial charge on any atom is -0.399 e. The van der Waals surface area contributed by atoms with Crippen LogP contribution in [-0.4, -0.2) is 27.9 Å². The van der Waals surface area contributed by atoms with E-state index in [4.69, 9.17) is 5.73 Å². The number of fused-ring (bicyclic) bond motifs is 1. The van der Waals surface area contributed by atoms with Crippen molar-refractivity contribution in [2.75, 3.05) is 12.3 Å². The van der Waals surface area contributed by atoms with Gasteiger partial charge in [-0.25, -0.2) is 9.36 Å². The number of amides is 1. The van der Waals surface area contributed by atoms with Gasteiger partial charge in [0.15, 0.2) is 0 Å². The first-order valence-electron chi connectivity index (χ1n) is 6.93. The number of nitrogens with two attached hydrogens (primary N) is 1. The Bertz CT molecular complexity index is 941. The van der Waals surface area contributed by atoms with E-state index in [1.165, 1.54) is 6.07 Å². The van der Waals surface area contributed by atoms with Crippen LogP contribution in [0.5, 0.6) is 0 Å². The van der Waals surface area contributed by atoms with Crippen molar-refractivity contribution in [1.82, 2.24) is 14.9 Å². The van der Waals surface area contributed by atoms with Crippen molar-refractivity contribution < 1.29 is 9.59 Å². The second kappa shape index (κ2) is 5.80. The molecule has 0 aliphatic heterocycles. The average Bonchev–Trinajstić information content (AvgIpc) is 2.88. The molecule has 116 valence electrons. The van der Waals surface area contributed by atoms with Gasteiger partial charge in [-0.2, -0.15) is 0 Å². The van der Waals surface area contributed by atoms with Crippen LogP contribution in [0.1, 0.15) is 15.2 Å². The first kappa shape index (κ1) is 14.6. The summed E-state index contributed by atoms with van der Waals surface area (Å²) in [5, 5.41) is 2.50. The number of aromatic amines is 1. The summed E-state index contributed by atoms with van der Waals surface area (Å²) in [6, 6.07) is 13.3. The van der Waals surface area contributed by atoms with Crippen LogP contribution in [0.2, 0.25) is 0 Å². The van der Waals surface area contributed by atoms with Gasteiger partial charge in [-0.15, -0.1) is 0 Å². The molecule has 1 aromatic heterocycles. The highest BCUT2D eigenvalue weighted by Gasteiger charge is 2.15. The number of H-pyrrole nitrogens is 1. The fourth-order valence-corrected chi connectivity index (χ4v) is 2.29. The predicted octanol–water partition coefficient (Wildman–Crippen LogP) is 0.982. The first-order chi connectivity index (χ1) is 11.1. The lowest BCUT2D eigenvalue weighted by Gasteiger charge is -2.05. The Labute approximate surface area is 130 Å². The predicted molar refractivity (Wildman–Crippen MR) is 86.4 cm³/mol. The van der Waals surface area contributed by atoms with Gasteiger partial charge < -0.3 is 16.0 Å². The summed E-state index contributed by atoms with van der Waals surface area (Å²) in [5.41, 5.74) is 6.89. The van der Waals surface area contributed by atoms with Crippen molar-refractivity contribution in [3.8, 4) is 0 Å². The van der Waals surface area contributed by atoms with Crippen LogP contribution in [0, 0.1) is 0 Å². The smallest absolute Gasteiger partial charge is 0.333 e. The Morgan fingerprint density at radius 2 is 1.87 bits per heavy atom. The zero-order chi connectivity index (χ0) is 16.4. The molecule has 0 unspecified atom stereocenters. The summed E-state index contributed by atoms with van der Waals surface area (Å²) < 4.78 is 0.969. The normalized spacial score (nSPS) is 10.6. The van der Waals surface area contributed by atoms with Crippen LogP contribution in [0.25, 0.3) is 11.0 Å². The van der Waals surface area contributed by atoms with Crippen LogP contribution in [0.15, 0.2) is 53.3 Å². The third kappa shape index (κ3) is 2.84. The molecule has 4 N–H and O–H groups in total. The van der Waals surface area contributed by atoms with Gasteiger partial charge in [0.2, 0.25) is 0 Å². The van der Waals surface area contributed by atoms with Gasteiger partial charge in [0, 0.05) is 11.3 Å². The van der Waals surface area contributed by atoms with Gasteiger partial charge in [0.05, 0.1) is 17.6 Å². The standard InChI is InChI=1S/C16H14N4O3/c17-11-6-7-12-13(8-11)20(16(23)19-12)14(21)9-18-15(22)10-4-2-1-3-5-10/h1-8H,9,17H2,(H,18,22)(H,19,23). The van der Waals surface area contributed by atoms with Crippen LogP contribution < -0.4 is 16.7 Å². The molecule has 0 saturated carbocycles. The van der Waals surface area contributed by atoms with Crippen LogP contribution in [0.4, 0.5) is 5.69 Å². The number of benzene rings is 2. The SMILES string of the molecule is Nc1ccc2[nH]c(=O)n(C(=O)CNC(=O)c3ccccc3)c2c1. The molecule has 3 aromatic rings. The lowest BCUT2D eigenvalue weighted by atomic mass is 10.2. The van der Waals surface area contributed by atoms with E-state index in [2.05, 4.69) is 10.3 Å². The number of nitrogens with zero attached hydrogens (tertiary/aromatic N) is 1. The Morgan fingerprint density at radius 1 is 1.13 bits per heavy atom. The highest BCUT2D eigenvalue weighted by atomic mass is 16.2. The Kier molecular flexibility index (Phi) is 3.68. The quantitative estimate of drug-likeness (QED) is 0.626. The monoisotopic (exact) mass is 310 g/mol. The number of rotatable bonds is 3. The molecule has 0 saturated heterocycles. The van der Waals surface area contributed by atoms with E-state index in [-0.39, 0.29) is 12.5 Å². The lowest BCUT2D eigenvalue weighted by Crippen LogP contribution is -2.36. The van der Waals surface area contributed by atoms with E-state index >= 15 is 0 Å². The molecule has 0 bridgehead atoms. The van der Waals surface area contributed by atoms with Crippen molar-refractivity contribution >= 4 is 28.5 Å². The third-order valence-corrected chi connectivity index (χ3v) is 3.39. The second-order valence-corrected chi connectivity index (χ2v) is 4.98. The van der Waals surface area contributed by atoms with E-state index < -0.39 is 11.6 Å². The van der Waals surface area contributed by atoms with E-state index in [1.54, 1.807) is 42.5 Å². The summed E-state index contributed by atoms with van der Waals surface area (Å²) in [5.74, 6) is -0.928. The molecule has 7 heteroatoms. The molecule has 7 nitrogen and oxygen atoms in total. The molecule has 0 fully saturated rings. The molecule has 3 rings (SSSR count). The number of carbonyl (C=O) groups is 2. The molecule has 0 spiro atoms. The first-order valence-corrected chi connectivity index (χ1v) is 6.93. The molecule has 1 amide bonds. The number of imidazole rings is 1. The van der Waals surface area contributed by atoms with E-state index in [0.717, 1.165) is 4.57 Å². The van der Waals surface area contributed by atoms with E-state index in [9.17, 15) is 14.4 Å². The number of hydrogen-bond donors (Lipinski definition) is 3. The molecular weight excluding hydrogens is 296 g/mol. The molecule has 0 aliphatic rings. The second-order valence-electron chi connectivity index (χ2n) is 4.98. The Morgan fingerprint density at radius 3 is 2.61 bits per heavy atom. The number of anilines is 1. The van der Waals surface area contributed by atoms with Gasteiger partial charge in [-0.05, 0) is 30.3 Å². The van der Waals surface area contributed by atoms with E-state index in [0.29, 0.717) is 22.3 Å². The fourth-order valence-electron chi connectivity index (χ4n) is 2.29. The number of nitrogen functional groups attached to an aromatic ring is 1. The van der Waals surface area contributed by atoms with Gasteiger partial charge in [-0.3, -0.25) is 9.59 Å². The topological polar surface area (TPSA) is 110 Å². The molecular formula is C16H14N4O3. The lowest BCUT2D eigenvalue weighted by molar-refractivity contribution is 0.0861. The van der Waals surface area contributed by atoms with Crippen LogP contribution in [0.3, 0.4) is 0 Å². The minimum atomic E-state index is -0.565. The largest absolute Gasteiger partial charge is 0.399 e.